The molecule has 1 aromatic rings. The fraction of sp³-hybridized carbons (Fsp3) is 0.429. The number of hydrogen-bond acceptors (Lipinski definition) is 3. The molecule has 1 aromatic carbocycles. The van der Waals surface area contributed by atoms with Crippen LogP contribution in [0.1, 0.15) is 45.6 Å². The minimum atomic E-state index is -0.916. The molecule has 0 aliphatic heterocycles. The average molecular weight is 248 g/mol. The third kappa shape index (κ3) is 1.73. The number of carboxylic acid groups (broad SMARTS) is 1. The topological polar surface area (TPSA) is 74.6 Å². The van der Waals surface area contributed by atoms with Gasteiger partial charge < -0.3 is 10.2 Å². The first kappa shape index (κ1) is 12.8. The Bertz CT molecular complexity index is 545. The van der Waals surface area contributed by atoms with Crippen molar-refractivity contribution in [3.8, 4) is 0 Å². The molecule has 0 amide bonds. The van der Waals surface area contributed by atoms with Crippen LogP contribution in [0.2, 0.25) is 0 Å². The molecule has 2 N–H and O–H groups in total. The maximum absolute atomic E-state index is 12.1. The Balaban J connectivity index is 2.64. The number of carbonyl (C=O) groups is 2. The van der Waals surface area contributed by atoms with Crippen LogP contribution in [0, 0.1) is 19.8 Å². The van der Waals surface area contributed by atoms with Gasteiger partial charge in [-0.15, -0.1) is 0 Å². The summed E-state index contributed by atoms with van der Waals surface area (Å²) in [6.45, 7) is 5.26. The zero-order valence-electron chi connectivity index (χ0n) is 10.7. The number of aliphatic hydroxyl groups excluding tert-OH is 1. The summed E-state index contributed by atoms with van der Waals surface area (Å²) >= 11 is 0. The zero-order chi connectivity index (χ0) is 13.6. The van der Waals surface area contributed by atoms with Crippen LogP contribution in [0.25, 0.3) is 0 Å². The smallest absolute Gasteiger partial charge is 0.307 e. The number of benzene rings is 1. The standard InChI is InChI=1S/C14H16O4/c1-6-4-10-12(14(18)8(3)13(10)17)7(2)9(6)5-11(15)16/h4,8,13,17H,5H2,1-3H3,(H,15,16)/t8-,13+/m1/s1. The molecule has 2 rings (SSSR count). The molecular formula is C14H16O4. The highest BCUT2D eigenvalue weighted by molar-refractivity contribution is 6.04. The number of aliphatic hydroxyl groups is 1. The summed E-state index contributed by atoms with van der Waals surface area (Å²) in [6, 6.07) is 1.74. The third-order valence-electron chi connectivity index (χ3n) is 3.74. The van der Waals surface area contributed by atoms with Gasteiger partial charge in [-0.1, -0.05) is 13.0 Å². The molecule has 0 aromatic heterocycles. The Morgan fingerprint density at radius 1 is 1.39 bits per heavy atom. The summed E-state index contributed by atoms with van der Waals surface area (Å²) in [5, 5.41) is 18.9. The van der Waals surface area contributed by atoms with E-state index in [0.29, 0.717) is 22.3 Å². The number of aryl methyl sites for hydroxylation is 1. The van der Waals surface area contributed by atoms with E-state index < -0.39 is 18.0 Å². The Labute approximate surface area is 105 Å². The van der Waals surface area contributed by atoms with Crippen molar-refractivity contribution in [2.45, 2.75) is 33.3 Å². The van der Waals surface area contributed by atoms with Crippen molar-refractivity contribution in [2.24, 2.45) is 5.92 Å². The molecule has 2 atom stereocenters. The largest absolute Gasteiger partial charge is 0.481 e. The van der Waals surface area contributed by atoms with Crippen molar-refractivity contribution >= 4 is 11.8 Å². The lowest BCUT2D eigenvalue weighted by molar-refractivity contribution is -0.136. The molecule has 4 heteroatoms. The molecule has 0 radical (unpaired) electrons. The fourth-order valence-electron chi connectivity index (χ4n) is 2.68. The second-order valence-electron chi connectivity index (χ2n) is 4.93. The van der Waals surface area contributed by atoms with Crippen LogP contribution in [-0.4, -0.2) is 22.0 Å². The van der Waals surface area contributed by atoms with Crippen molar-refractivity contribution in [3.63, 3.8) is 0 Å². The third-order valence-corrected chi connectivity index (χ3v) is 3.74. The van der Waals surface area contributed by atoms with Gasteiger partial charge in [-0.3, -0.25) is 9.59 Å². The molecule has 18 heavy (non-hydrogen) atoms. The van der Waals surface area contributed by atoms with Crippen LogP contribution in [-0.2, 0) is 11.2 Å². The van der Waals surface area contributed by atoms with Crippen molar-refractivity contribution in [3.05, 3.63) is 33.9 Å². The number of carboxylic acids is 1. The average Bonchev–Trinajstić information content (AvgIpc) is 2.49. The van der Waals surface area contributed by atoms with Crippen LogP contribution in [0.5, 0.6) is 0 Å². The normalized spacial score (nSPS) is 22.1. The SMILES string of the molecule is Cc1cc2c(c(C)c1CC(=O)O)C(=O)[C@H](C)[C@@H]2O. The van der Waals surface area contributed by atoms with E-state index in [9.17, 15) is 14.7 Å². The monoisotopic (exact) mass is 248 g/mol. The Morgan fingerprint density at radius 3 is 2.56 bits per heavy atom. The summed E-state index contributed by atoms with van der Waals surface area (Å²) in [6.07, 6.45) is -0.869. The predicted octanol–water partition coefficient (Wildman–Crippen LogP) is 1.80. The van der Waals surface area contributed by atoms with Gasteiger partial charge in [0.1, 0.15) is 0 Å². The van der Waals surface area contributed by atoms with Crippen molar-refractivity contribution < 1.29 is 19.8 Å². The molecule has 1 aliphatic carbocycles. The van der Waals surface area contributed by atoms with Gasteiger partial charge in [0.05, 0.1) is 12.5 Å². The van der Waals surface area contributed by atoms with Gasteiger partial charge in [-0.2, -0.15) is 0 Å². The van der Waals surface area contributed by atoms with Crippen LogP contribution >= 0.6 is 0 Å². The van der Waals surface area contributed by atoms with Gasteiger partial charge in [0.15, 0.2) is 5.78 Å². The molecule has 96 valence electrons. The van der Waals surface area contributed by atoms with Crippen LogP contribution in [0.15, 0.2) is 6.07 Å². The van der Waals surface area contributed by atoms with E-state index in [1.165, 1.54) is 0 Å². The van der Waals surface area contributed by atoms with Crippen molar-refractivity contribution in [1.82, 2.24) is 0 Å². The highest BCUT2D eigenvalue weighted by Gasteiger charge is 2.37. The number of hydrogen-bond donors (Lipinski definition) is 2. The highest BCUT2D eigenvalue weighted by atomic mass is 16.4. The lowest BCUT2D eigenvalue weighted by atomic mass is 9.92. The van der Waals surface area contributed by atoms with Gasteiger partial charge in [-0.25, -0.2) is 0 Å². The Morgan fingerprint density at radius 2 is 2.00 bits per heavy atom. The number of aliphatic carboxylic acids is 1. The molecule has 0 heterocycles. The quantitative estimate of drug-likeness (QED) is 0.836. The second-order valence-corrected chi connectivity index (χ2v) is 4.93. The summed E-state index contributed by atoms with van der Waals surface area (Å²) in [5.74, 6) is -1.46. The van der Waals surface area contributed by atoms with Crippen molar-refractivity contribution in [2.75, 3.05) is 0 Å². The van der Waals surface area contributed by atoms with E-state index in [1.807, 2.05) is 6.92 Å². The van der Waals surface area contributed by atoms with E-state index in [-0.39, 0.29) is 12.2 Å². The minimum absolute atomic E-state index is 0.0945. The first-order valence-corrected chi connectivity index (χ1v) is 5.91. The summed E-state index contributed by atoms with van der Waals surface area (Å²) < 4.78 is 0. The number of rotatable bonds is 2. The first-order chi connectivity index (χ1) is 8.34. The van der Waals surface area contributed by atoms with Crippen LogP contribution in [0.3, 0.4) is 0 Å². The summed E-state index contributed by atoms with van der Waals surface area (Å²) in [5.41, 5.74) is 3.33. The number of ketones is 1. The van der Waals surface area contributed by atoms with Crippen LogP contribution < -0.4 is 0 Å². The van der Waals surface area contributed by atoms with Gasteiger partial charge in [0.2, 0.25) is 0 Å². The van der Waals surface area contributed by atoms with Gasteiger partial charge in [-0.05, 0) is 36.1 Å². The minimum Gasteiger partial charge on any atom is -0.481 e. The van der Waals surface area contributed by atoms with Gasteiger partial charge >= 0.3 is 5.97 Å². The molecule has 4 nitrogen and oxygen atoms in total. The fourth-order valence-corrected chi connectivity index (χ4v) is 2.68. The molecule has 0 saturated carbocycles. The van der Waals surface area contributed by atoms with E-state index in [2.05, 4.69) is 0 Å². The Hall–Kier alpha value is -1.68. The highest BCUT2D eigenvalue weighted by Crippen LogP contribution is 2.39. The van der Waals surface area contributed by atoms with E-state index in [4.69, 9.17) is 5.11 Å². The molecule has 0 saturated heterocycles. The number of carbonyl (C=O) groups excluding carboxylic acids is 1. The maximum Gasteiger partial charge on any atom is 0.307 e. The van der Waals surface area contributed by atoms with E-state index >= 15 is 0 Å². The molecule has 0 spiro atoms. The first-order valence-electron chi connectivity index (χ1n) is 5.91. The van der Waals surface area contributed by atoms with Gasteiger partial charge in [0.25, 0.3) is 0 Å². The summed E-state index contributed by atoms with van der Waals surface area (Å²) in [7, 11) is 0. The molecule has 0 bridgehead atoms. The molecule has 0 unspecified atom stereocenters. The predicted molar refractivity (Wildman–Crippen MR) is 65.7 cm³/mol. The lowest BCUT2D eigenvalue weighted by Gasteiger charge is -2.13. The lowest BCUT2D eigenvalue weighted by Crippen LogP contribution is -2.10. The molecule has 0 fully saturated rings. The zero-order valence-corrected chi connectivity index (χ0v) is 10.7. The second kappa shape index (κ2) is 4.21. The number of Topliss-reactive ketones (excluding diaryl/α,β-unsaturated/α-hetero) is 1. The summed E-state index contributed by atoms with van der Waals surface area (Å²) in [4.78, 5) is 22.9. The van der Waals surface area contributed by atoms with E-state index in [1.54, 1.807) is 19.9 Å². The maximum atomic E-state index is 12.1. The molecule has 1 aliphatic rings. The van der Waals surface area contributed by atoms with Crippen LogP contribution in [0.4, 0.5) is 0 Å². The Kier molecular flexibility index (Phi) is 2.99. The molecular weight excluding hydrogens is 232 g/mol. The van der Waals surface area contributed by atoms with E-state index in [0.717, 1.165) is 5.56 Å². The van der Waals surface area contributed by atoms with Gasteiger partial charge in [0, 0.05) is 11.5 Å². The van der Waals surface area contributed by atoms with Crippen molar-refractivity contribution in [1.29, 1.82) is 0 Å². The number of fused-ring (bicyclic) bond motifs is 1.